The minimum Gasteiger partial charge on any atom is -0.481 e. The number of aliphatic carboxylic acids is 1. The Hall–Kier alpha value is -1.26. The second kappa shape index (κ2) is 5.40. The lowest BCUT2D eigenvalue weighted by molar-refractivity contribution is -0.142. The van der Waals surface area contributed by atoms with Crippen molar-refractivity contribution in [2.24, 2.45) is 17.6 Å². The summed E-state index contributed by atoms with van der Waals surface area (Å²) in [6.07, 6.45) is 0.537. The summed E-state index contributed by atoms with van der Waals surface area (Å²) in [6, 6.07) is -0.685. The number of hydrogen-bond acceptors (Lipinski definition) is 2. The van der Waals surface area contributed by atoms with Crippen molar-refractivity contribution in [3.8, 4) is 0 Å². The smallest absolute Gasteiger partial charge is 0.312 e. The first-order valence-electron chi connectivity index (χ1n) is 4.19. The topological polar surface area (TPSA) is 92.4 Å². The number of carbonyl (C=O) groups excluding carboxylic acids is 1. The van der Waals surface area contributed by atoms with E-state index >= 15 is 0 Å². The fourth-order valence-electron chi connectivity index (χ4n) is 1.06. The van der Waals surface area contributed by atoms with Crippen LogP contribution in [0.3, 0.4) is 0 Å². The Bertz CT molecular complexity index is 192. The molecule has 2 amide bonds. The van der Waals surface area contributed by atoms with Crippen LogP contribution in [0.2, 0.25) is 0 Å². The largest absolute Gasteiger partial charge is 0.481 e. The van der Waals surface area contributed by atoms with Crippen molar-refractivity contribution >= 4 is 12.0 Å². The van der Waals surface area contributed by atoms with E-state index in [0.29, 0.717) is 6.42 Å². The van der Waals surface area contributed by atoms with Crippen molar-refractivity contribution in [3.63, 3.8) is 0 Å². The number of rotatable bonds is 5. The highest BCUT2D eigenvalue weighted by Gasteiger charge is 2.18. The number of urea groups is 1. The molecule has 13 heavy (non-hydrogen) atoms. The summed E-state index contributed by atoms with van der Waals surface area (Å²) in [5, 5.41) is 11.0. The van der Waals surface area contributed by atoms with Gasteiger partial charge in [-0.1, -0.05) is 13.8 Å². The highest BCUT2D eigenvalue weighted by atomic mass is 16.4. The molecule has 0 aromatic rings. The predicted molar refractivity (Wildman–Crippen MR) is 48.2 cm³/mol. The van der Waals surface area contributed by atoms with E-state index in [2.05, 4.69) is 5.32 Å². The van der Waals surface area contributed by atoms with Gasteiger partial charge in [-0.25, -0.2) is 4.79 Å². The van der Waals surface area contributed by atoms with Crippen LogP contribution in [0, 0.1) is 11.8 Å². The maximum absolute atomic E-state index is 10.7. The second-order valence-corrected chi connectivity index (χ2v) is 3.41. The Morgan fingerprint density at radius 3 is 2.31 bits per heavy atom. The van der Waals surface area contributed by atoms with Crippen LogP contribution >= 0.6 is 0 Å². The standard InChI is InChI=1S/C8H16N2O3/c1-5(2)3-6(7(11)12)4-10-8(9)13/h5-6H,3-4H2,1-2H3,(H,11,12)(H3,9,10,13). The molecule has 0 aliphatic rings. The summed E-state index contributed by atoms with van der Waals surface area (Å²) >= 11 is 0. The molecule has 5 nitrogen and oxygen atoms in total. The molecule has 0 rings (SSSR count). The molecule has 4 N–H and O–H groups in total. The molecule has 0 aliphatic heterocycles. The molecule has 0 bridgehead atoms. The maximum atomic E-state index is 10.7. The van der Waals surface area contributed by atoms with Crippen molar-refractivity contribution in [3.05, 3.63) is 0 Å². The number of nitrogens with two attached hydrogens (primary N) is 1. The number of hydrogen-bond donors (Lipinski definition) is 3. The Balaban J connectivity index is 3.95. The van der Waals surface area contributed by atoms with Crippen LogP contribution in [0.5, 0.6) is 0 Å². The SMILES string of the molecule is CC(C)CC(CNC(N)=O)C(=O)O. The predicted octanol–water partition coefficient (Wildman–Crippen LogP) is 0.402. The fourth-order valence-corrected chi connectivity index (χ4v) is 1.06. The van der Waals surface area contributed by atoms with Crippen LogP contribution in [0.15, 0.2) is 0 Å². The summed E-state index contributed by atoms with van der Waals surface area (Å²) in [7, 11) is 0. The van der Waals surface area contributed by atoms with Gasteiger partial charge >= 0.3 is 12.0 Å². The molecule has 0 heterocycles. The molecule has 0 fully saturated rings. The van der Waals surface area contributed by atoms with Gasteiger partial charge in [-0.15, -0.1) is 0 Å². The van der Waals surface area contributed by atoms with Gasteiger partial charge < -0.3 is 16.2 Å². The third-order valence-electron chi connectivity index (χ3n) is 1.63. The van der Waals surface area contributed by atoms with Crippen molar-refractivity contribution in [2.75, 3.05) is 6.54 Å². The van der Waals surface area contributed by atoms with Gasteiger partial charge in [0, 0.05) is 6.54 Å². The minimum absolute atomic E-state index is 0.100. The lowest BCUT2D eigenvalue weighted by Gasteiger charge is -2.14. The molecule has 76 valence electrons. The normalized spacial score (nSPS) is 12.5. The van der Waals surface area contributed by atoms with Crippen LogP contribution in [-0.4, -0.2) is 23.7 Å². The summed E-state index contributed by atoms with van der Waals surface area (Å²) in [5.74, 6) is -1.16. The fraction of sp³-hybridized carbons (Fsp3) is 0.750. The zero-order valence-electron chi connectivity index (χ0n) is 7.91. The molecule has 0 radical (unpaired) electrons. The van der Waals surface area contributed by atoms with E-state index in [9.17, 15) is 9.59 Å². The molecule has 0 saturated carbocycles. The number of carboxylic acid groups (broad SMARTS) is 1. The lowest BCUT2D eigenvalue weighted by atomic mass is 9.97. The average molecular weight is 188 g/mol. The van der Waals surface area contributed by atoms with E-state index in [1.165, 1.54) is 0 Å². The van der Waals surface area contributed by atoms with Gasteiger partial charge in [0.25, 0.3) is 0 Å². The summed E-state index contributed by atoms with van der Waals surface area (Å²) in [5.41, 5.74) is 4.83. The Kier molecular flexibility index (Phi) is 4.87. The molecular formula is C8H16N2O3. The van der Waals surface area contributed by atoms with Crippen molar-refractivity contribution in [1.29, 1.82) is 0 Å². The number of carbonyl (C=O) groups is 2. The zero-order chi connectivity index (χ0) is 10.4. The zero-order valence-corrected chi connectivity index (χ0v) is 7.91. The number of amides is 2. The van der Waals surface area contributed by atoms with Crippen LogP contribution in [-0.2, 0) is 4.79 Å². The Labute approximate surface area is 77.3 Å². The summed E-state index contributed by atoms with van der Waals surface area (Å²) in [4.78, 5) is 21.0. The first-order valence-corrected chi connectivity index (χ1v) is 4.19. The Morgan fingerprint density at radius 2 is 2.00 bits per heavy atom. The van der Waals surface area contributed by atoms with E-state index < -0.39 is 17.9 Å². The highest BCUT2D eigenvalue weighted by Crippen LogP contribution is 2.10. The highest BCUT2D eigenvalue weighted by molar-refractivity contribution is 5.74. The van der Waals surface area contributed by atoms with Gasteiger partial charge in [0.2, 0.25) is 0 Å². The van der Waals surface area contributed by atoms with Gasteiger partial charge in [-0.2, -0.15) is 0 Å². The average Bonchev–Trinajstić information content (AvgIpc) is 1.96. The minimum atomic E-state index is -0.901. The second-order valence-electron chi connectivity index (χ2n) is 3.41. The van der Waals surface area contributed by atoms with Crippen LogP contribution in [0.25, 0.3) is 0 Å². The molecule has 0 aromatic heterocycles. The molecule has 0 spiro atoms. The number of nitrogens with one attached hydrogen (secondary N) is 1. The molecule has 0 aliphatic carbocycles. The van der Waals surface area contributed by atoms with Gasteiger partial charge in [0.1, 0.15) is 0 Å². The number of carboxylic acids is 1. The molecule has 5 heteroatoms. The van der Waals surface area contributed by atoms with E-state index in [-0.39, 0.29) is 12.5 Å². The van der Waals surface area contributed by atoms with E-state index in [1.807, 2.05) is 13.8 Å². The van der Waals surface area contributed by atoms with Crippen molar-refractivity contribution in [2.45, 2.75) is 20.3 Å². The monoisotopic (exact) mass is 188 g/mol. The molecule has 0 aromatic carbocycles. The van der Waals surface area contributed by atoms with E-state index in [0.717, 1.165) is 0 Å². The first kappa shape index (κ1) is 11.7. The Morgan fingerprint density at radius 1 is 1.46 bits per heavy atom. The van der Waals surface area contributed by atoms with Crippen LogP contribution in [0.4, 0.5) is 4.79 Å². The van der Waals surface area contributed by atoms with Crippen molar-refractivity contribution in [1.82, 2.24) is 5.32 Å². The van der Waals surface area contributed by atoms with Gasteiger partial charge in [0.05, 0.1) is 5.92 Å². The number of primary amides is 1. The third kappa shape index (κ3) is 5.95. The van der Waals surface area contributed by atoms with E-state index in [1.54, 1.807) is 0 Å². The van der Waals surface area contributed by atoms with Crippen LogP contribution in [0.1, 0.15) is 20.3 Å². The van der Waals surface area contributed by atoms with Gasteiger partial charge in [-0.05, 0) is 12.3 Å². The molecule has 1 atom stereocenters. The summed E-state index contributed by atoms with van der Waals surface area (Å²) in [6.45, 7) is 3.96. The molecule has 0 saturated heterocycles. The first-order chi connectivity index (χ1) is 5.93. The maximum Gasteiger partial charge on any atom is 0.312 e. The van der Waals surface area contributed by atoms with E-state index in [4.69, 9.17) is 10.8 Å². The molecule has 1 unspecified atom stereocenters. The van der Waals surface area contributed by atoms with Crippen molar-refractivity contribution < 1.29 is 14.7 Å². The van der Waals surface area contributed by atoms with Gasteiger partial charge in [-0.3, -0.25) is 4.79 Å². The summed E-state index contributed by atoms with van der Waals surface area (Å²) < 4.78 is 0. The van der Waals surface area contributed by atoms with Gasteiger partial charge in [0.15, 0.2) is 0 Å². The quantitative estimate of drug-likeness (QED) is 0.583. The van der Waals surface area contributed by atoms with Crippen LogP contribution < -0.4 is 11.1 Å². The third-order valence-corrected chi connectivity index (χ3v) is 1.63. The molecular weight excluding hydrogens is 172 g/mol. The lowest BCUT2D eigenvalue weighted by Crippen LogP contribution is -2.36.